The second-order valence-electron chi connectivity index (χ2n) is 5.10. The second kappa shape index (κ2) is 4.04. The number of hydrogen-bond donors (Lipinski definition) is 4. The Labute approximate surface area is 107 Å². The van der Waals surface area contributed by atoms with E-state index in [1.165, 1.54) is 6.33 Å². The van der Waals surface area contributed by atoms with Gasteiger partial charge in [-0.3, -0.25) is 9.78 Å². The fraction of sp³-hybridized carbons (Fsp3) is 0.545. The van der Waals surface area contributed by atoms with E-state index in [0.29, 0.717) is 12.2 Å². The maximum atomic E-state index is 11.6. The monoisotopic (exact) mass is 265 g/mol. The molecule has 1 saturated carbocycles. The molecule has 8 heteroatoms. The van der Waals surface area contributed by atoms with Gasteiger partial charge in [0.05, 0.1) is 12.9 Å². The molecule has 5 N–H and O–H groups in total. The molecule has 8 nitrogen and oxygen atoms in total. The fourth-order valence-electron chi connectivity index (χ4n) is 2.55. The van der Waals surface area contributed by atoms with Crippen LogP contribution in [0.5, 0.6) is 0 Å². The van der Waals surface area contributed by atoms with Crippen LogP contribution in [0.2, 0.25) is 0 Å². The molecule has 2 heterocycles. The Hall–Kier alpha value is -1.93. The number of rotatable bonds is 4. The first-order valence-corrected chi connectivity index (χ1v) is 6.02. The van der Waals surface area contributed by atoms with Crippen LogP contribution in [-0.2, 0) is 6.54 Å². The third-order valence-electron chi connectivity index (χ3n) is 3.87. The smallest absolute Gasteiger partial charge is 0.280 e. The predicted molar refractivity (Wildman–Crippen MR) is 67.3 cm³/mol. The number of fused-ring (bicyclic) bond motifs is 1. The highest BCUT2D eigenvalue weighted by Gasteiger charge is 2.53. The minimum absolute atomic E-state index is 0.0173. The number of aromatic amines is 1. The number of nitrogens with two attached hydrogens (primary N) is 1. The van der Waals surface area contributed by atoms with Crippen molar-refractivity contribution in [2.75, 3.05) is 18.9 Å². The molecular formula is C11H15N5O3. The SMILES string of the molecule is Nc1nc2c(ncn2C[C@]2(CO)CC2CO)c(=O)[nH]1. The van der Waals surface area contributed by atoms with Crippen molar-refractivity contribution in [2.45, 2.75) is 13.0 Å². The van der Waals surface area contributed by atoms with Gasteiger partial charge in [0, 0.05) is 18.6 Å². The van der Waals surface area contributed by atoms with Gasteiger partial charge in [-0.15, -0.1) is 0 Å². The van der Waals surface area contributed by atoms with Gasteiger partial charge in [-0.2, -0.15) is 4.98 Å². The van der Waals surface area contributed by atoms with Crippen LogP contribution in [0.1, 0.15) is 6.42 Å². The average Bonchev–Trinajstić information content (AvgIpc) is 2.95. The van der Waals surface area contributed by atoms with E-state index in [0.717, 1.165) is 6.42 Å². The molecule has 2 aromatic rings. The standard InChI is InChI=1S/C11H15N5O3/c12-10-14-8-7(9(19)15-10)13-5-16(8)3-11(4-18)1-6(11)2-17/h5-6,17-18H,1-4H2,(H3,12,14,15,19)/t6?,11-/m0/s1. The molecule has 102 valence electrons. The number of hydrogen-bond acceptors (Lipinski definition) is 6. The normalized spacial score (nSPS) is 25.9. The van der Waals surface area contributed by atoms with Crippen molar-refractivity contribution < 1.29 is 10.2 Å². The summed E-state index contributed by atoms with van der Waals surface area (Å²) >= 11 is 0. The summed E-state index contributed by atoms with van der Waals surface area (Å²) in [4.78, 5) is 22.1. The number of imidazole rings is 1. The molecular weight excluding hydrogens is 250 g/mol. The van der Waals surface area contributed by atoms with Crippen molar-refractivity contribution in [1.82, 2.24) is 19.5 Å². The molecule has 2 atom stereocenters. The summed E-state index contributed by atoms with van der Waals surface area (Å²) in [6.07, 6.45) is 2.26. The Morgan fingerprint density at radius 2 is 2.37 bits per heavy atom. The summed E-state index contributed by atoms with van der Waals surface area (Å²) in [6.45, 7) is 0.487. The van der Waals surface area contributed by atoms with Crippen LogP contribution >= 0.6 is 0 Å². The third kappa shape index (κ3) is 1.80. The van der Waals surface area contributed by atoms with Gasteiger partial charge in [-0.25, -0.2) is 4.98 Å². The van der Waals surface area contributed by atoms with Gasteiger partial charge in [-0.1, -0.05) is 0 Å². The van der Waals surface area contributed by atoms with Gasteiger partial charge in [-0.05, 0) is 12.3 Å². The lowest BCUT2D eigenvalue weighted by Gasteiger charge is -2.14. The highest BCUT2D eigenvalue weighted by atomic mass is 16.3. The molecule has 0 saturated heterocycles. The van der Waals surface area contributed by atoms with E-state index in [1.807, 2.05) is 0 Å². The number of nitrogens with zero attached hydrogens (tertiary/aromatic N) is 3. The van der Waals surface area contributed by atoms with Crippen LogP contribution in [-0.4, -0.2) is 42.9 Å². The van der Waals surface area contributed by atoms with Crippen LogP contribution in [0, 0.1) is 11.3 Å². The summed E-state index contributed by atoms with van der Waals surface area (Å²) in [5.41, 5.74) is 5.42. The van der Waals surface area contributed by atoms with E-state index >= 15 is 0 Å². The molecule has 0 amide bonds. The summed E-state index contributed by atoms with van der Waals surface area (Å²) in [6, 6.07) is 0. The maximum Gasteiger partial charge on any atom is 0.280 e. The van der Waals surface area contributed by atoms with E-state index < -0.39 is 0 Å². The molecule has 19 heavy (non-hydrogen) atoms. The molecule has 1 aliphatic carbocycles. The number of aliphatic hydroxyl groups excluding tert-OH is 2. The number of anilines is 1. The van der Waals surface area contributed by atoms with Crippen LogP contribution in [0.25, 0.3) is 11.2 Å². The van der Waals surface area contributed by atoms with Crippen molar-refractivity contribution in [2.24, 2.45) is 11.3 Å². The van der Waals surface area contributed by atoms with E-state index in [2.05, 4.69) is 15.0 Å². The van der Waals surface area contributed by atoms with E-state index in [1.54, 1.807) is 4.57 Å². The molecule has 3 rings (SSSR count). The highest BCUT2D eigenvalue weighted by molar-refractivity contribution is 5.70. The van der Waals surface area contributed by atoms with Crippen molar-refractivity contribution in [3.63, 3.8) is 0 Å². The van der Waals surface area contributed by atoms with Gasteiger partial charge < -0.3 is 20.5 Å². The number of aromatic nitrogens is 4. The van der Waals surface area contributed by atoms with E-state index in [-0.39, 0.29) is 41.6 Å². The zero-order chi connectivity index (χ0) is 13.6. The summed E-state index contributed by atoms with van der Waals surface area (Å²) < 4.78 is 1.70. The first-order chi connectivity index (χ1) is 9.09. The molecule has 2 aromatic heterocycles. The fourth-order valence-corrected chi connectivity index (χ4v) is 2.55. The predicted octanol–water partition coefficient (Wildman–Crippen LogP) is -1.31. The molecule has 1 unspecified atom stereocenters. The topological polar surface area (TPSA) is 130 Å². The molecule has 1 fully saturated rings. The first-order valence-electron chi connectivity index (χ1n) is 6.02. The summed E-state index contributed by atoms with van der Waals surface area (Å²) in [5.74, 6) is 0.112. The van der Waals surface area contributed by atoms with Crippen molar-refractivity contribution in [3.8, 4) is 0 Å². The second-order valence-corrected chi connectivity index (χ2v) is 5.10. The first kappa shape index (κ1) is 12.1. The molecule has 0 radical (unpaired) electrons. The average molecular weight is 265 g/mol. The molecule has 0 bridgehead atoms. The van der Waals surface area contributed by atoms with Gasteiger partial charge >= 0.3 is 0 Å². The van der Waals surface area contributed by atoms with Crippen LogP contribution in [0.15, 0.2) is 11.1 Å². The Kier molecular flexibility index (Phi) is 2.58. The van der Waals surface area contributed by atoms with Gasteiger partial charge in [0.25, 0.3) is 5.56 Å². The Morgan fingerprint density at radius 3 is 3.00 bits per heavy atom. The summed E-state index contributed by atoms with van der Waals surface area (Å²) in [5, 5.41) is 18.7. The zero-order valence-corrected chi connectivity index (χ0v) is 10.2. The third-order valence-corrected chi connectivity index (χ3v) is 3.87. The van der Waals surface area contributed by atoms with Crippen molar-refractivity contribution in [1.29, 1.82) is 0 Å². The lowest BCUT2D eigenvalue weighted by molar-refractivity contribution is 0.158. The molecule has 0 aliphatic heterocycles. The lowest BCUT2D eigenvalue weighted by Crippen LogP contribution is -2.20. The Balaban J connectivity index is 2.01. The van der Waals surface area contributed by atoms with Crippen LogP contribution in [0.3, 0.4) is 0 Å². The lowest BCUT2D eigenvalue weighted by atomic mass is 10.1. The van der Waals surface area contributed by atoms with Crippen LogP contribution in [0.4, 0.5) is 5.95 Å². The van der Waals surface area contributed by atoms with Gasteiger partial charge in [0.2, 0.25) is 5.95 Å². The van der Waals surface area contributed by atoms with Crippen LogP contribution < -0.4 is 11.3 Å². The van der Waals surface area contributed by atoms with Crippen molar-refractivity contribution in [3.05, 3.63) is 16.7 Å². The Bertz CT molecular complexity index is 679. The number of nitrogens with one attached hydrogen (secondary N) is 1. The largest absolute Gasteiger partial charge is 0.396 e. The minimum Gasteiger partial charge on any atom is -0.396 e. The van der Waals surface area contributed by atoms with Gasteiger partial charge in [0.15, 0.2) is 11.2 Å². The minimum atomic E-state index is -0.381. The van der Waals surface area contributed by atoms with Crippen molar-refractivity contribution >= 4 is 17.1 Å². The zero-order valence-electron chi connectivity index (χ0n) is 10.2. The maximum absolute atomic E-state index is 11.6. The Morgan fingerprint density at radius 1 is 1.58 bits per heavy atom. The number of aliphatic hydroxyl groups is 2. The number of nitrogen functional groups attached to an aromatic ring is 1. The van der Waals surface area contributed by atoms with E-state index in [9.17, 15) is 15.0 Å². The quantitative estimate of drug-likeness (QED) is 0.543. The highest BCUT2D eigenvalue weighted by Crippen LogP contribution is 2.53. The molecule has 0 aromatic carbocycles. The van der Waals surface area contributed by atoms with Gasteiger partial charge in [0.1, 0.15) is 0 Å². The molecule has 1 aliphatic rings. The number of H-pyrrole nitrogens is 1. The molecule has 0 spiro atoms. The summed E-state index contributed by atoms with van der Waals surface area (Å²) in [7, 11) is 0. The van der Waals surface area contributed by atoms with E-state index in [4.69, 9.17) is 5.73 Å².